The van der Waals surface area contributed by atoms with Gasteiger partial charge in [-0.25, -0.2) is 4.98 Å². The number of hydrogen-bond donors (Lipinski definition) is 0. The zero-order chi connectivity index (χ0) is 32.1. The van der Waals surface area contributed by atoms with Crippen LogP contribution in [0, 0.1) is 0 Å². The number of allylic oxidation sites excluding steroid dienone is 2. The van der Waals surface area contributed by atoms with Crippen molar-refractivity contribution in [3.63, 3.8) is 0 Å². The Kier molecular flexibility index (Phi) is 5.45. The highest BCUT2D eigenvalue weighted by molar-refractivity contribution is 6.09. The number of ether oxygens (including phenoxy) is 1. The number of hydrogen-bond acceptors (Lipinski definition) is 5. The van der Waals surface area contributed by atoms with E-state index in [9.17, 15) is 0 Å². The molecule has 4 aromatic carbocycles. The number of rotatable bonds is 4. The van der Waals surface area contributed by atoms with Crippen LogP contribution in [0.15, 0.2) is 142 Å². The van der Waals surface area contributed by atoms with Crippen molar-refractivity contribution in [1.29, 1.82) is 0 Å². The Labute approximate surface area is 281 Å². The summed E-state index contributed by atoms with van der Waals surface area (Å²) >= 11 is 0. The topological polar surface area (TPSA) is 66.2 Å². The number of para-hydroxylation sites is 1. The monoisotopic (exact) mass is 635 g/mol. The Morgan fingerprint density at radius 2 is 1.57 bits per heavy atom. The Morgan fingerprint density at radius 3 is 2.53 bits per heavy atom. The van der Waals surface area contributed by atoms with Crippen LogP contribution >= 0.6 is 0 Å². The molecule has 6 nitrogen and oxygen atoms in total. The molecule has 0 amide bonds. The predicted molar refractivity (Wildman–Crippen MR) is 190 cm³/mol. The van der Waals surface area contributed by atoms with Crippen LogP contribution in [0.25, 0.3) is 55.8 Å². The van der Waals surface area contributed by atoms with Crippen molar-refractivity contribution in [2.75, 3.05) is 0 Å². The third-order valence-electron chi connectivity index (χ3n) is 10.8. The lowest BCUT2D eigenvalue weighted by molar-refractivity contribution is 0.434. The Bertz CT molecular complexity index is 2660. The second-order valence-corrected chi connectivity index (χ2v) is 13.2. The second kappa shape index (κ2) is 9.94. The predicted octanol–water partition coefficient (Wildman–Crippen LogP) is 10.9. The molecule has 0 radical (unpaired) electrons. The van der Waals surface area contributed by atoms with Gasteiger partial charge in [0.15, 0.2) is 5.76 Å². The van der Waals surface area contributed by atoms with Crippen molar-refractivity contribution >= 4 is 27.4 Å². The molecule has 6 heteroatoms. The molecule has 1 unspecified atom stereocenters. The van der Waals surface area contributed by atoms with Crippen molar-refractivity contribution in [2.45, 2.75) is 31.1 Å². The van der Waals surface area contributed by atoms with Gasteiger partial charge < -0.3 is 13.7 Å². The molecule has 0 N–H and O–H groups in total. The van der Waals surface area contributed by atoms with E-state index in [1.807, 2.05) is 48.7 Å². The van der Waals surface area contributed by atoms with Gasteiger partial charge in [0.1, 0.15) is 34.2 Å². The Balaban J connectivity index is 1.04. The third-order valence-corrected chi connectivity index (χ3v) is 10.8. The molecule has 0 aliphatic heterocycles. The van der Waals surface area contributed by atoms with Crippen molar-refractivity contribution in [2.24, 2.45) is 0 Å². The summed E-state index contributed by atoms with van der Waals surface area (Å²) in [6.45, 7) is 0. The summed E-state index contributed by atoms with van der Waals surface area (Å²) < 4.78 is 21.4. The second-order valence-electron chi connectivity index (χ2n) is 13.2. The highest BCUT2D eigenvalue weighted by Crippen LogP contribution is 2.66. The molecule has 0 fully saturated rings. The molecule has 234 valence electrons. The summed E-state index contributed by atoms with van der Waals surface area (Å²) in [4.78, 5) is 4.68. The smallest absolute Gasteiger partial charge is 0.175 e. The van der Waals surface area contributed by atoms with E-state index in [1.54, 1.807) is 6.26 Å². The lowest BCUT2D eigenvalue weighted by Gasteiger charge is -2.31. The molecular weight excluding hydrogens is 606 g/mol. The first-order chi connectivity index (χ1) is 24.3. The molecular formula is C43H29N3O3. The molecule has 1 spiro atoms. The van der Waals surface area contributed by atoms with Crippen LogP contribution in [0.2, 0.25) is 0 Å². The summed E-state index contributed by atoms with van der Waals surface area (Å²) in [5.74, 6) is 4.08. The fourth-order valence-corrected chi connectivity index (χ4v) is 8.90. The van der Waals surface area contributed by atoms with Crippen LogP contribution in [-0.4, -0.2) is 14.7 Å². The molecule has 0 saturated carbocycles. The van der Waals surface area contributed by atoms with Gasteiger partial charge in [-0.3, -0.25) is 4.57 Å². The zero-order valence-electron chi connectivity index (χ0n) is 26.5. The molecule has 8 aromatic rings. The normalized spacial score (nSPS) is 17.5. The molecule has 11 rings (SSSR count). The van der Waals surface area contributed by atoms with Gasteiger partial charge in [-0.05, 0) is 96.5 Å². The standard InChI is InChI=1S/C43H29N3O3/c1-4-15-34-29(12-1)30-13-2-5-16-35(30)43(34)39-40(45-49-41(39)33-21-23-47-42(33)43)26-10-9-11-27(24-26)48-28-19-20-32-31-14-3-6-17-36(31)46(37(32)25-28)38-18-7-8-22-44-38/h1,3-4,6-12,14-15,17-25H,2,5,13,16H2. The molecule has 3 aliphatic rings. The minimum atomic E-state index is -0.545. The van der Waals surface area contributed by atoms with Gasteiger partial charge >= 0.3 is 0 Å². The minimum Gasteiger partial charge on any atom is -0.467 e. The highest BCUT2D eigenvalue weighted by Gasteiger charge is 2.58. The number of furan rings is 1. The molecule has 0 bridgehead atoms. The van der Waals surface area contributed by atoms with Gasteiger partial charge in [0.05, 0.1) is 28.4 Å². The van der Waals surface area contributed by atoms with Gasteiger partial charge in [-0.15, -0.1) is 0 Å². The van der Waals surface area contributed by atoms with E-state index in [4.69, 9.17) is 18.8 Å². The lowest BCUT2D eigenvalue weighted by atomic mass is 9.69. The summed E-state index contributed by atoms with van der Waals surface area (Å²) in [5, 5.41) is 7.09. The summed E-state index contributed by atoms with van der Waals surface area (Å²) in [7, 11) is 0. The van der Waals surface area contributed by atoms with Crippen LogP contribution in [-0.2, 0) is 5.41 Å². The largest absolute Gasteiger partial charge is 0.467 e. The van der Waals surface area contributed by atoms with E-state index in [2.05, 4.69) is 82.3 Å². The minimum absolute atomic E-state index is 0.545. The van der Waals surface area contributed by atoms with Gasteiger partial charge in [0.25, 0.3) is 0 Å². The van der Waals surface area contributed by atoms with Gasteiger partial charge in [-0.1, -0.05) is 65.8 Å². The highest BCUT2D eigenvalue weighted by atomic mass is 16.5. The van der Waals surface area contributed by atoms with E-state index in [-0.39, 0.29) is 0 Å². The Morgan fingerprint density at radius 1 is 0.714 bits per heavy atom. The maximum absolute atomic E-state index is 6.62. The zero-order valence-corrected chi connectivity index (χ0v) is 26.5. The average molecular weight is 636 g/mol. The van der Waals surface area contributed by atoms with Crippen LogP contribution in [0.4, 0.5) is 0 Å². The molecule has 4 aromatic heterocycles. The number of nitrogens with zero attached hydrogens (tertiary/aromatic N) is 3. The number of benzene rings is 4. The first-order valence-electron chi connectivity index (χ1n) is 16.9. The van der Waals surface area contributed by atoms with E-state index in [0.29, 0.717) is 0 Å². The summed E-state index contributed by atoms with van der Waals surface area (Å²) in [6.07, 6.45) is 8.08. The fourth-order valence-electron chi connectivity index (χ4n) is 8.90. The number of aromatic nitrogens is 3. The number of pyridine rings is 1. The van der Waals surface area contributed by atoms with Crippen LogP contribution in [0.1, 0.15) is 48.1 Å². The quantitative estimate of drug-likeness (QED) is 0.192. The van der Waals surface area contributed by atoms with E-state index < -0.39 is 5.41 Å². The van der Waals surface area contributed by atoms with E-state index in [0.717, 1.165) is 86.9 Å². The molecule has 3 aliphatic carbocycles. The lowest BCUT2D eigenvalue weighted by Crippen LogP contribution is -2.28. The maximum Gasteiger partial charge on any atom is 0.175 e. The SMILES string of the molecule is c1ccc(-n2c3ccccc3c3ccc(Oc4cccc(-c5noc6c5C5(C7=C(CCCC7)c7ccccc75)c5occc5-6)c4)cc32)nc1. The van der Waals surface area contributed by atoms with Gasteiger partial charge in [0.2, 0.25) is 0 Å². The van der Waals surface area contributed by atoms with Crippen LogP contribution < -0.4 is 4.74 Å². The number of fused-ring (bicyclic) bond motifs is 12. The first kappa shape index (κ1) is 26.9. The van der Waals surface area contributed by atoms with E-state index in [1.165, 1.54) is 34.1 Å². The van der Waals surface area contributed by atoms with Crippen molar-refractivity contribution < 1.29 is 13.7 Å². The van der Waals surface area contributed by atoms with Crippen LogP contribution in [0.3, 0.4) is 0 Å². The third kappa shape index (κ3) is 3.55. The summed E-state index contributed by atoms with van der Waals surface area (Å²) in [6, 6.07) is 39.8. The molecule has 0 saturated heterocycles. The first-order valence-corrected chi connectivity index (χ1v) is 16.9. The Hall–Kier alpha value is -6.14. The molecule has 4 heterocycles. The van der Waals surface area contributed by atoms with Crippen LogP contribution in [0.5, 0.6) is 11.5 Å². The van der Waals surface area contributed by atoms with Gasteiger partial charge in [-0.2, -0.15) is 0 Å². The fraction of sp³-hybridized carbons (Fsp3) is 0.116. The van der Waals surface area contributed by atoms with Crippen molar-refractivity contribution in [3.05, 3.63) is 156 Å². The van der Waals surface area contributed by atoms with Crippen molar-refractivity contribution in [3.8, 4) is 39.9 Å². The summed E-state index contributed by atoms with van der Waals surface area (Å²) in [5.41, 5.74) is 10.9. The maximum atomic E-state index is 6.62. The average Bonchev–Trinajstić information content (AvgIpc) is 3.96. The molecule has 1 atom stereocenters. The van der Waals surface area contributed by atoms with Crippen molar-refractivity contribution in [1.82, 2.24) is 14.7 Å². The van der Waals surface area contributed by atoms with Gasteiger partial charge in [0, 0.05) is 28.6 Å². The van der Waals surface area contributed by atoms with E-state index >= 15 is 0 Å². The molecule has 49 heavy (non-hydrogen) atoms.